The van der Waals surface area contributed by atoms with Crippen LogP contribution in [-0.4, -0.2) is 50.3 Å². The van der Waals surface area contributed by atoms with Crippen molar-refractivity contribution in [3.63, 3.8) is 0 Å². The quantitative estimate of drug-likeness (QED) is 0.446. The first-order valence-electron chi connectivity index (χ1n) is 5.99. The summed E-state index contributed by atoms with van der Waals surface area (Å²) in [5, 5.41) is 8.71. The van der Waals surface area contributed by atoms with E-state index in [2.05, 4.69) is 11.0 Å². The van der Waals surface area contributed by atoms with Gasteiger partial charge in [-0.15, -0.1) is 0 Å². The molecule has 0 aromatic rings. The Morgan fingerprint density at radius 1 is 1.47 bits per heavy atom. The first-order chi connectivity index (χ1) is 8.13. The van der Waals surface area contributed by atoms with Crippen LogP contribution in [0.5, 0.6) is 0 Å². The Morgan fingerprint density at radius 3 is 2.71 bits per heavy atom. The number of esters is 1. The highest BCUT2D eigenvalue weighted by molar-refractivity contribution is 5.70. The molecule has 0 amide bonds. The summed E-state index contributed by atoms with van der Waals surface area (Å²) in [4.78, 5) is 13.1. The molecular weight excluding hydrogens is 220 g/mol. The number of likely N-dealkylation sites (N-methyl/N-ethyl adjacent to an activating group) is 1. The van der Waals surface area contributed by atoms with Crippen LogP contribution in [-0.2, 0) is 14.3 Å². The zero-order valence-corrected chi connectivity index (χ0v) is 10.9. The van der Waals surface area contributed by atoms with Crippen LogP contribution in [0.1, 0.15) is 20.8 Å². The molecule has 5 heteroatoms. The first-order valence-corrected chi connectivity index (χ1v) is 5.99. The summed E-state index contributed by atoms with van der Waals surface area (Å²) in [7, 11) is 0. The van der Waals surface area contributed by atoms with E-state index >= 15 is 0 Å². The van der Waals surface area contributed by atoms with Crippen LogP contribution in [0, 0.1) is 17.2 Å². The van der Waals surface area contributed by atoms with Gasteiger partial charge in [-0.3, -0.25) is 0 Å². The monoisotopic (exact) mass is 242 g/mol. The predicted octanol–water partition coefficient (Wildman–Crippen LogP) is 1.05. The first kappa shape index (κ1) is 15.9. The van der Waals surface area contributed by atoms with Gasteiger partial charge in [0.15, 0.2) is 0 Å². The minimum atomic E-state index is -0.332. The van der Waals surface area contributed by atoms with Crippen molar-refractivity contribution < 1.29 is 14.3 Å². The molecule has 0 aliphatic heterocycles. The van der Waals surface area contributed by atoms with Crippen molar-refractivity contribution in [2.45, 2.75) is 20.8 Å². The summed E-state index contributed by atoms with van der Waals surface area (Å²) < 4.78 is 9.93. The maximum atomic E-state index is 11.0. The maximum absolute atomic E-state index is 11.0. The standard InChI is InChI=1S/C12H22N2O3/c1-4-14(9-11(3)8-13)6-7-16-10-12(15)17-5-2/h11H,4-7,9-10H2,1-3H3. The highest BCUT2D eigenvalue weighted by Crippen LogP contribution is 1.98. The van der Waals surface area contributed by atoms with Crippen LogP contribution in [0.4, 0.5) is 0 Å². The summed E-state index contributed by atoms with van der Waals surface area (Å²) in [6, 6.07) is 2.20. The molecule has 0 radical (unpaired) electrons. The third kappa shape index (κ3) is 8.66. The normalized spacial score (nSPS) is 12.2. The van der Waals surface area contributed by atoms with Gasteiger partial charge in [-0.1, -0.05) is 6.92 Å². The third-order valence-corrected chi connectivity index (χ3v) is 2.28. The summed E-state index contributed by atoms with van der Waals surface area (Å²) in [5.41, 5.74) is 0. The van der Waals surface area contributed by atoms with Gasteiger partial charge in [-0.05, 0) is 20.4 Å². The smallest absolute Gasteiger partial charge is 0.332 e. The van der Waals surface area contributed by atoms with Crippen LogP contribution < -0.4 is 0 Å². The van der Waals surface area contributed by atoms with Gasteiger partial charge in [0.1, 0.15) is 6.61 Å². The van der Waals surface area contributed by atoms with Crippen molar-refractivity contribution in [2.24, 2.45) is 5.92 Å². The molecule has 0 fully saturated rings. The molecule has 98 valence electrons. The van der Waals surface area contributed by atoms with Crippen molar-refractivity contribution in [2.75, 3.05) is 39.5 Å². The molecule has 0 heterocycles. The van der Waals surface area contributed by atoms with Gasteiger partial charge in [-0.25, -0.2) is 4.79 Å². The number of hydrogen-bond donors (Lipinski definition) is 0. The molecule has 0 saturated heterocycles. The van der Waals surface area contributed by atoms with Gasteiger partial charge in [0, 0.05) is 13.1 Å². The fraction of sp³-hybridized carbons (Fsp3) is 0.833. The van der Waals surface area contributed by atoms with Crippen molar-refractivity contribution in [1.82, 2.24) is 4.90 Å². The van der Waals surface area contributed by atoms with E-state index in [1.807, 2.05) is 13.8 Å². The number of nitriles is 1. The molecule has 0 aromatic carbocycles. The lowest BCUT2D eigenvalue weighted by molar-refractivity contribution is -0.148. The Bertz CT molecular complexity index is 251. The van der Waals surface area contributed by atoms with Crippen LogP contribution in [0.2, 0.25) is 0 Å². The number of ether oxygens (including phenoxy) is 2. The largest absolute Gasteiger partial charge is 0.464 e. The number of hydrogen-bond acceptors (Lipinski definition) is 5. The van der Waals surface area contributed by atoms with E-state index in [4.69, 9.17) is 14.7 Å². The Morgan fingerprint density at radius 2 is 2.18 bits per heavy atom. The zero-order valence-electron chi connectivity index (χ0n) is 10.9. The fourth-order valence-corrected chi connectivity index (χ4v) is 1.36. The SMILES string of the molecule is CCOC(=O)COCCN(CC)CC(C)C#N. The minimum absolute atomic E-state index is 0.000796. The van der Waals surface area contributed by atoms with Crippen molar-refractivity contribution in [1.29, 1.82) is 5.26 Å². The average molecular weight is 242 g/mol. The Kier molecular flexibility index (Phi) is 9.40. The number of carbonyl (C=O) groups excluding carboxylic acids is 1. The highest BCUT2D eigenvalue weighted by atomic mass is 16.6. The van der Waals surface area contributed by atoms with Gasteiger partial charge < -0.3 is 14.4 Å². The molecule has 1 unspecified atom stereocenters. The third-order valence-electron chi connectivity index (χ3n) is 2.28. The van der Waals surface area contributed by atoms with Gasteiger partial charge >= 0.3 is 5.97 Å². The van der Waals surface area contributed by atoms with Crippen LogP contribution >= 0.6 is 0 Å². The van der Waals surface area contributed by atoms with Crippen LogP contribution in [0.25, 0.3) is 0 Å². The summed E-state index contributed by atoms with van der Waals surface area (Å²) in [6.45, 7) is 8.87. The second kappa shape index (κ2) is 10.1. The van der Waals surface area contributed by atoms with E-state index in [-0.39, 0.29) is 18.5 Å². The summed E-state index contributed by atoms with van der Waals surface area (Å²) in [5.74, 6) is -0.319. The van der Waals surface area contributed by atoms with Gasteiger partial charge in [0.25, 0.3) is 0 Å². The molecule has 0 N–H and O–H groups in total. The Labute approximate surface area is 103 Å². The van der Waals surface area contributed by atoms with E-state index < -0.39 is 0 Å². The second-order valence-electron chi connectivity index (χ2n) is 3.78. The van der Waals surface area contributed by atoms with Gasteiger partial charge in [-0.2, -0.15) is 5.26 Å². The molecule has 0 bridgehead atoms. The molecule has 0 saturated carbocycles. The van der Waals surface area contributed by atoms with E-state index in [1.165, 1.54) is 0 Å². The Balaban J connectivity index is 3.63. The van der Waals surface area contributed by atoms with Crippen molar-refractivity contribution >= 4 is 5.97 Å². The van der Waals surface area contributed by atoms with E-state index in [0.29, 0.717) is 13.2 Å². The van der Waals surface area contributed by atoms with Crippen molar-refractivity contribution in [3.05, 3.63) is 0 Å². The van der Waals surface area contributed by atoms with Gasteiger partial charge in [0.2, 0.25) is 0 Å². The number of rotatable bonds is 9. The average Bonchev–Trinajstić information content (AvgIpc) is 2.33. The van der Waals surface area contributed by atoms with E-state index in [0.717, 1.165) is 19.6 Å². The lowest BCUT2D eigenvalue weighted by atomic mass is 10.2. The highest BCUT2D eigenvalue weighted by Gasteiger charge is 2.08. The maximum Gasteiger partial charge on any atom is 0.332 e. The van der Waals surface area contributed by atoms with E-state index in [1.54, 1.807) is 6.92 Å². The Hall–Kier alpha value is -1.12. The second-order valence-corrected chi connectivity index (χ2v) is 3.78. The number of carbonyl (C=O) groups is 1. The topological polar surface area (TPSA) is 62.6 Å². The van der Waals surface area contributed by atoms with E-state index in [9.17, 15) is 4.79 Å². The molecule has 0 aliphatic carbocycles. The molecular formula is C12H22N2O3. The molecule has 0 spiro atoms. The lowest BCUT2D eigenvalue weighted by Gasteiger charge is -2.21. The zero-order chi connectivity index (χ0) is 13.1. The molecule has 0 rings (SSSR count). The summed E-state index contributed by atoms with van der Waals surface area (Å²) >= 11 is 0. The molecule has 0 aliphatic rings. The molecule has 5 nitrogen and oxygen atoms in total. The minimum Gasteiger partial charge on any atom is -0.464 e. The molecule has 1 atom stereocenters. The van der Waals surface area contributed by atoms with Crippen LogP contribution in [0.15, 0.2) is 0 Å². The lowest BCUT2D eigenvalue weighted by Crippen LogP contribution is -2.31. The van der Waals surface area contributed by atoms with Crippen molar-refractivity contribution in [3.8, 4) is 6.07 Å². The van der Waals surface area contributed by atoms with Gasteiger partial charge in [0.05, 0.1) is 25.2 Å². The number of nitrogens with zero attached hydrogens (tertiary/aromatic N) is 2. The fourth-order valence-electron chi connectivity index (χ4n) is 1.36. The summed E-state index contributed by atoms with van der Waals surface area (Å²) in [6.07, 6.45) is 0. The molecule has 17 heavy (non-hydrogen) atoms. The molecule has 0 aromatic heterocycles. The van der Waals surface area contributed by atoms with Crippen LogP contribution in [0.3, 0.4) is 0 Å². The predicted molar refractivity (Wildman–Crippen MR) is 64.3 cm³/mol.